The zero-order chi connectivity index (χ0) is 22.9. The fourth-order valence-corrected chi connectivity index (χ4v) is 4.66. The van der Waals surface area contributed by atoms with Crippen LogP contribution >= 0.6 is 24.0 Å². The van der Waals surface area contributed by atoms with Crippen molar-refractivity contribution in [3.8, 4) is 0 Å². The molecule has 8 heteroatoms. The summed E-state index contributed by atoms with van der Waals surface area (Å²) in [4.78, 5) is 16.8. The lowest BCUT2D eigenvalue weighted by atomic mass is 10.1. The lowest BCUT2D eigenvalue weighted by Crippen LogP contribution is -2.44. The van der Waals surface area contributed by atoms with Crippen molar-refractivity contribution in [1.29, 1.82) is 0 Å². The number of benzene rings is 1. The third kappa shape index (κ3) is 7.55. The van der Waals surface area contributed by atoms with Gasteiger partial charge in [-0.3, -0.25) is 4.90 Å². The molecule has 2 aromatic rings. The van der Waals surface area contributed by atoms with Gasteiger partial charge in [0.25, 0.3) is 0 Å². The maximum atomic E-state index is 4.90. The highest BCUT2D eigenvalue weighted by molar-refractivity contribution is 14.0. The Morgan fingerprint density at radius 2 is 1.74 bits per heavy atom. The van der Waals surface area contributed by atoms with E-state index in [0.717, 1.165) is 51.0 Å². The maximum Gasteiger partial charge on any atom is 0.191 e. The van der Waals surface area contributed by atoms with Crippen molar-refractivity contribution >= 4 is 35.8 Å². The summed E-state index contributed by atoms with van der Waals surface area (Å²) in [5.74, 6) is 1.93. The van der Waals surface area contributed by atoms with Gasteiger partial charge in [-0.15, -0.1) is 24.0 Å². The van der Waals surface area contributed by atoms with E-state index < -0.39 is 0 Å². The number of anilines is 1. The number of rotatable bonds is 8. The van der Waals surface area contributed by atoms with Gasteiger partial charge < -0.3 is 20.4 Å². The van der Waals surface area contributed by atoms with Crippen molar-refractivity contribution in [3.05, 3.63) is 59.8 Å². The largest absolute Gasteiger partial charge is 0.357 e. The zero-order valence-electron chi connectivity index (χ0n) is 20.6. The Morgan fingerprint density at radius 1 is 1.00 bits per heavy atom. The molecule has 0 aliphatic carbocycles. The van der Waals surface area contributed by atoms with Crippen LogP contribution in [-0.4, -0.2) is 80.1 Å². The normalized spacial score (nSPS) is 18.4. The van der Waals surface area contributed by atoms with Crippen LogP contribution in [-0.2, 0) is 6.54 Å². The second-order valence-corrected chi connectivity index (χ2v) is 9.06. The van der Waals surface area contributed by atoms with Gasteiger partial charge in [0.15, 0.2) is 5.96 Å². The summed E-state index contributed by atoms with van der Waals surface area (Å²) in [5, 5.41) is 7.04. The van der Waals surface area contributed by atoms with Crippen molar-refractivity contribution in [3.63, 3.8) is 0 Å². The van der Waals surface area contributed by atoms with Crippen LogP contribution in [0.1, 0.15) is 36.9 Å². The molecule has 186 valence electrons. The minimum absolute atomic E-state index is 0. The van der Waals surface area contributed by atoms with Gasteiger partial charge >= 0.3 is 0 Å². The molecule has 3 heterocycles. The van der Waals surface area contributed by atoms with Gasteiger partial charge in [-0.05, 0) is 63.2 Å². The number of aliphatic imine (C=N–C) groups is 1. The first-order valence-electron chi connectivity index (χ1n) is 12.4. The van der Waals surface area contributed by atoms with E-state index in [1.165, 1.54) is 37.1 Å². The van der Waals surface area contributed by atoms with Crippen LogP contribution in [0.2, 0.25) is 0 Å². The van der Waals surface area contributed by atoms with Crippen LogP contribution in [0.3, 0.4) is 0 Å². The number of pyridine rings is 1. The molecule has 7 nitrogen and oxygen atoms in total. The SMILES string of the molecule is CCNC(=NCc1ccnc(N2CCN(C)CC2)c1)NCC(c1ccccc1)N1CCCC1.I. The number of hydrogen-bond donors (Lipinski definition) is 2. The first-order valence-corrected chi connectivity index (χ1v) is 12.4. The predicted molar refractivity (Wildman–Crippen MR) is 152 cm³/mol. The highest BCUT2D eigenvalue weighted by atomic mass is 127. The number of likely N-dealkylation sites (tertiary alicyclic amines) is 1. The van der Waals surface area contributed by atoms with E-state index in [2.05, 4.69) is 86.8 Å². The van der Waals surface area contributed by atoms with Crippen molar-refractivity contribution in [2.75, 3.05) is 64.3 Å². The molecule has 1 aromatic heterocycles. The summed E-state index contributed by atoms with van der Waals surface area (Å²) in [7, 11) is 2.18. The lowest BCUT2D eigenvalue weighted by molar-refractivity contribution is 0.245. The minimum atomic E-state index is 0. The highest BCUT2D eigenvalue weighted by Crippen LogP contribution is 2.24. The Labute approximate surface area is 222 Å². The van der Waals surface area contributed by atoms with Gasteiger partial charge in [-0.25, -0.2) is 9.98 Å². The number of halogens is 1. The molecule has 1 unspecified atom stereocenters. The summed E-state index contributed by atoms with van der Waals surface area (Å²) in [5.41, 5.74) is 2.56. The summed E-state index contributed by atoms with van der Waals surface area (Å²) in [6.45, 7) is 11.0. The summed E-state index contributed by atoms with van der Waals surface area (Å²) < 4.78 is 0. The molecule has 2 aliphatic rings. The number of nitrogens with zero attached hydrogens (tertiary/aromatic N) is 5. The molecular weight excluding hydrogens is 537 g/mol. The second-order valence-electron chi connectivity index (χ2n) is 9.06. The molecule has 0 bridgehead atoms. The topological polar surface area (TPSA) is 59.0 Å². The zero-order valence-corrected chi connectivity index (χ0v) is 22.9. The monoisotopic (exact) mass is 577 g/mol. The Bertz CT molecular complexity index is 878. The Balaban J connectivity index is 0.00000324. The van der Waals surface area contributed by atoms with Crippen molar-refractivity contribution < 1.29 is 0 Å². The van der Waals surface area contributed by atoms with Gasteiger partial charge in [-0.2, -0.15) is 0 Å². The van der Waals surface area contributed by atoms with Gasteiger partial charge in [-0.1, -0.05) is 30.3 Å². The van der Waals surface area contributed by atoms with Gasteiger partial charge in [0.05, 0.1) is 12.6 Å². The second kappa shape index (κ2) is 13.8. The molecule has 0 saturated carbocycles. The number of guanidine groups is 1. The quantitative estimate of drug-likeness (QED) is 0.285. The van der Waals surface area contributed by atoms with Crippen molar-refractivity contribution in [2.24, 2.45) is 4.99 Å². The van der Waals surface area contributed by atoms with Gasteiger partial charge in [0, 0.05) is 45.5 Å². The molecule has 2 saturated heterocycles. The number of nitrogens with one attached hydrogen (secondary N) is 2. The molecule has 4 rings (SSSR count). The van der Waals surface area contributed by atoms with E-state index >= 15 is 0 Å². The molecule has 1 atom stereocenters. The average molecular weight is 578 g/mol. The average Bonchev–Trinajstić information content (AvgIpc) is 3.38. The predicted octanol–water partition coefficient (Wildman–Crippen LogP) is 3.34. The molecule has 34 heavy (non-hydrogen) atoms. The summed E-state index contributed by atoms with van der Waals surface area (Å²) in [6.07, 6.45) is 4.49. The van der Waals surface area contributed by atoms with Crippen LogP contribution in [0.15, 0.2) is 53.7 Å². The fourth-order valence-electron chi connectivity index (χ4n) is 4.66. The van der Waals surface area contributed by atoms with Crippen LogP contribution in [0.25, 0.3) is 0 Å². The molecule has 2 aliphatic heterocycles. The van der Waals surface area contributed by atoms with Crippen LogP contribution in [0, 0.1) is 0 Å². The molecule has 0 amide bonds. The first kappa shape index (κ1) is 26.7. The fraction of sp³-hybridized carbons (Fsp3) is 0.538. The molecule has 0 radical (unpaired) electrons. The van der Waals surface area contributed by atoms with Crippen molar-refractivity contribution in [1.82, 2.24) is 25.4 Å². The van der Waals surface area contributed by atoms with Gasteiger partial charge in [0.2, 0.25) is 0 Å². The van der Waals surface area contributed by atoms with E-state index in [9.17, 15) is 0 Å². The summed E-state index contributed by atoms with van der Waals surface area (Å²) in [6, 6.07) is 15.5. The maximum absolute atomic E-state index is 4.90. The van der Waals surface area contributed by atoms with Crippen LogP contribution in [0.4, 0.5) is 5.82 Å². The van der Waals surface area contributed by atoms with Crippen LogP contribution < -0.4 is 15.5 Å². The Hall–Kier alpha value is -1.91. The molecule has 2 fully saturated rings. The Kier molecular flexibility index (Phi) is 10.9. The molecular formula is C26H40IN7. The summed E-state index contributed by atoms with van der Waals surface area (Å²) >= 11 is 0. The molecule has 1 aromatic carbocycles. The number of aromatic nitrogens is 1. The smallest absolute Gasteiger partial charge is 0.191 e. The standard InChI is InChI=1S/C26H39N7.HI/c1-3-27-26(30-21-24(32-13-7-8-14-32)23-9-5-4-6-10-23)29-20-22-11-12-28-25(19-22)33-17-15-31(2)16-18-33;/h4-6,9-12,19,24H,3,7-8,13-18,20-21H2,1-2H3,(H2,27,29,30);1H. The van der Waals surface area contributed by atoms with E-state index in [-0.39, 0.29) is 24.0 Å². The minimum Gasteiger partial charge on any atom is -0.357 e. The Morgan fingerprint density at radius 3 is 2.44 bits per heavy atom. The molecule has 2 N–H and O–H groups in total. The third-order valence-electron chi connectivity index (χ3n) is 6.63. The van der Waals surface area contributed by atoms with E-state index in [0.29, 0.717) is 12.6 Å². The van der Waals surface area contributed by atoms with E-state index in [1.54, 1.807) is 0 Å². The first-order chi connectivity index (χ1) is 16.2. The van der Waals surface area contributed by atoms with Crippen LogP contribution in [0.5, 0.6) is 0 Å². The van der Waals surface area contributed by atoms with E-state index in [4.69, 9.17) is 4.99 Å². The highest BCUT2D eigenvalue weighted by Gasteiger charge is 2.23. The number of hydrogen-bond acceptors (Lipinski definition) is 5. The number of likely N-dealkylation sites (N-methyl/N-ethyl adjacent to an activating group) is 1. The molecule has 0 spiro atoms. The van der Waals surface area contributed by atoms with E-state index in [1.807, 2.05) is 6.20 Å². The third-order valence-corrected chi connectivity index (χ3v) is 6.63. The lowest BCUT2D eigenvalue weighted by Gasteiger charge is -2.33. The number of piperazine rings is 1. The van der Waals surface area contributed by atoms with Gasteiger partial charge in [0.1, 0.15) is 5.82 Å². The van der Waals surface area contributed by atoms with Crippen molar-refractivity contribution in [2.45, 2.75) is 32.4 Å².